The van der Waals surface area contributed by atoms with Crippen molar-refractivity contribution in [2.75, 3.05) is 0 Å². The minimum absolute atomic E-state index is 0.0912. The first-order valence-electron chi connectivity index (χ1n) is 8.75. The monoisotopic (exact) mass is 340 g/mol. The van der Waals surface area contributed by atoms with Gasteiger partial charge in [-0.25, -0.2) is 4.79 Å². The van der Waals surface area contributed by atoms with Crippen molar-refractivity contribution in [1.29, 1.82) is 0 Å². The van der Waals surface area contributed by atoms with Gasteiger partial charge in [0.1, 0.15) is 17.1 Å². The van der Waals surface area contributed by atoms with Gasteiger partial charge in [-0.05, 0) is 30.7 Å². The Morgan fingerprint density at radius 2 is 1.72 bits per heavy atom. The highest BCUT2D eigenvalue weighted by atomic mass is 16.5. The molecule has 1 N–H and O–H groups in total. The smallest absolute Gasteiger partial charge is 0.339 e. The number of hydrogen-bond donors (Lipinski definition) is 1. The molecule has 2 aromatic carbocycles. The van der Waals surface area contributed by atoms with E-state index in [0.29, 0.717) is 17.7 Å². The second-order valence-electron chi connectivity index (χ2n) is 6.02. The molecular formula is C21H24O4. The fourth-order valence-corrected chi connectivity index (χ4v) is 2.63. The minimum Gasteiger partial charge on any atom is -0.478 e. The number of ketones is 1. The number of rotatable bonds is 10. The highest BCUT2D eigenvalue weighted by molar-refractivity contribution is 5.96. The highest BCUT2D eigenvalue weighted by Gasteiger charge is 2.12. The minimum atomic E-state index is -1.05. The van der Waals surface area contributed by atoms with Gasteiger partial charge in [-0.3, -0.25) is 4.79 Å². The van der Waals surface area contributed by atoms with E-state index < -0.39 is 5.97 Å². The standard InChI is InChI=1S/C21H24O4/c1-2-3-4-5-6-13-19(22)16-10-9-11-17(15-16)25-20-14-8-7-12-18(20)21(23)24/h7-12,14-15H,2-6,13H2,1H3,(H,23,24). The van der Waals surface area contributed by atoms with Crippen LogP contribution in [0.4, 0.5) is 0 Å². The summed E-state index contributed by atoms with van der Waals surface area (Å²) in [4.78, 5) is 23.6. The first kappa shape index (κ1) is 18.7. The third-order valence-electron chi connectivity index (χ3n) is 4.01. The topological polar surface area (TPSA) is 63.6 Å². The van der Waals surface area contributed by atoms with E-state index in [9.17, 15) is 14.7 Å². The molecule has 0 saturated heterocycles. The lowest BCUT2D eigenvalue weighted by Crippen LogP contribution is -2.01. The van der Waals surface area contributed by atoms with E-state index in [4.69, 9.17) is 4.74 Å². The molecule has 0 radical (unpaired) electrons. The van der Waals surface area contributed by atoms with Crippen LogP contribution < -0.4 is 4.74 Å². The van der Waals surface area contributed by atoms with Crippen molar-refractivity contribution in [2.45, 2.75) is 45.4 Å². The molecule has 0 spiro atoms. The molecule has 2 aromatic rings. The number of ether oxygens (including phenoxy) is 1. The van der Waals surface area contributed by atoms with Gasteiger partial charge in [-0.2, -0.15) is 0 Å². The average molecular weight is 340 g/mol. The van der Waals surface area contributed by atoms with E-state index in [1.165, 1.54) is 25.3 Å². The molecule has 4 nitrogen and oxygen atoms in total. The molecule has 132 valence electrons. The summed E-state index contributed by atoms with van der Waals surface area (Å²) >= 11 is 0. The quantitative estimate of drug-likeness (QED) is 0.444. The Bertz CT molecular complexity index is 721. The van der Waals surface area contributed by atoms with Gasteiger partial charge in [0.05, 0.1) is 0 Å². The Morgan fingerprint density at radius 3 is 2.48 bits per heavy atom. The lowest BCUT2D eigenvalue weighted by atomic mass is 10.0. The normalized spacial score (nSPS) is 10.4. The van der Waals surface area contributed by atoms with Crippen LogP contribution in [0.1, 0.15) is 66.2 Å². The number of Topliss-reactive ketones (excluding diaryl/α,β-unsaturated/α-hetero) is 1. The highest BCUT2D eigenvalue weighted by Crippen LogP contribution is 2.26. The Kier molecular flexibility index (Phi) is 7.20. The average Bonchev–Trinajstić information content (AvgIpc) is 2.62. The molecule has 25 heavy (non-hydrogen) atoms. The summed E-state index contributed by atoms with van der Waals surface area (Å²) < 4.78 is 5.69. The molecule has 0 aliphatic carbocycles. The summed E-state index contributed by atoms with van der Waals surface area (Å²) in [6.07, 6.45) is 6.05. The lowest BCUT2D eigenvalue weighted by Gasteiger charge is -2.09. The molecule has 0 heterocycles. The van der Waals surface area contributed by atoms with Crippen molar-refractivity contribution >= 4 is 11.8 Å². The first-order valence-corrected chi connectivity index (χ1v) is 8.75. The number of aromatic carboxylic acids is 1. The van der Waals surface area contributed by atoms with E-state index in [1.54, 1.807) is 42.5 Å². The van der Waals surface area contributed by atoms with Gasteiger partial charge < -0.3 is 9.84 Å². The van der Waals surface area contributed by atoms with Gasteiger partial charge in [0, 0.05) is 12.0 Å². The maximum absolute atomic E-state index is 12.3. The fourth-order valence-electron chi connectivity index (χ4n) is 2.63. The van der Waals surface area contributed by atoms with E-state index >= 15 is 0 Å². The van der Waals surface area contributed by atoms with Crippen LogP contribution in [0, 0.1) is 0 Å². The van der Waals surface area contributed by atoms with Crippen LogP contribution in [-0.2, 0) is 0 Å². The fraction of sp³-hybridized carbons (Fsp3) is 0.333. The molecule has 0 atom stereocenters. The van der Waals surface area contributed by atoms with Crippen molar-refractivity contribution in [2.24, 2.45) is 0 Å². The van der Waals surface area contributed by atoms with Crippen molar-refractivity contribution in [3.63, 3.8) is 0 Å². The molecule has 0 saturated carbocycles. The molecule has 0 aromatic heterocycles. The maximum Gasteiger partial charge on any atom is 0.339 e. The van der Waals surface area contributed by atoms with E-state index in [1.807, 2.05) is 0 Å². The first-order chi connectivity index (χ1) is 12.1. The summed E-state index contributed by atoms with van der Waals surface area (Å²) in [6.45, 7) is 2.17. The molecule has 0 amide bonds. The maximum atomic E-state index is 12.3. The van der Waals surface area contributed by atoms with Crippen LogP contribution in [-0.4, -0.2) is 16.9 Å². The summed E-state index contributed by atoms with van der Waals surface area (Å²) in [5, 5.41) is 9.21. The zero-order chi connectivity index (χ0) is 18.1. The van der Waals surface area contributed by atoms with Crippen LogP contribution >= 0.6 is 0 Å². The Labute approximate surface area is 148 Å². The van der Waals surface area contributed by atoms with Gasteiger partial charge in [0.15, 0.2) is 5.78 Å². The Balaban J connectivity index is 2.01. The third-order valence-corrected chi connectivity index (χ3v) is 4.01. The van der Waals surface area contributed by atoms with Crippen LogP contribution in [0.2, 0.25) is 0 Å². The van der Waals surface area contributed by atoms with E-state index in [-0.39, 0.29) is 17.1 Å². The third kappa shape index (κ3) is 5.75. The number of carboxylic acids is 1. The number of hydrogen-bond acceptors (Lipinski definition) is 3. The number of para-hydroxylation sites is 1. The molecule has 0 fully saturated rings. The largest absolute Gasteiger partial charge is 0.478 e. The second kappa shape index (κ2) is 9.62. The van der Waals surface area contributed by atoms with Gasteiger partial charge in [0.25, 0.3) is 0 Å². The molecular weight excluding hydrogens is 316 g/mol. The molecule has 2 rings (SSSR count). The van der Waals surface area contributed by atoms with Gasteiger partial charge >= 0.3 is 5.97 Å². The predicted octanol–water partition coefficient (Wildman–Crippen LogP) is 5.72. The Hall–Kier alpha value is -2.62. The molecule has 4 heteroatoms. The molecule has 0 aliphatic heterocycles. The number of carbonyl (C=O) groups is 2. The Morgan fingerprint density at radius 1 is 0.960 bits per heavy atom. The van der Waals surface area contributed by atoms with Crippen molar-refractivity contribution in [1.82, 2.24) is 0 Å². The SMILES string of the molecule is CCCCCCCC(=O)c1cccc(Oc2ccccc2C(=O)O)c1. The number of unbranched alkanes of at least 4 members (excludes halogenated alkanes) is 4. The predicted molar refractivity (Wildman–Crippen MR) is 97.6 cm³/mol. The lowest BCUT2D eigenvalue weighted by molar-refractivity contribution is 0.0694. The second-order valence-corrected chi connectivity index (χ2v) is 6.02. The number of carboxylic acid groups (broad SMARTS) is 1. The van der Waals surface area contributed by atoms with Crippen molar-refractivity contribution in [3.8, 4) is 11.5 Å². The van der Waals surface area contributed by atoms with Gasteiger partial charge in [0.2, 0.25) is 0 Å². The summed E-state index contributed by atoms with van der Waals surface area (Å²) in [5.74, 6) is -0.229. The number of benzene rings is 2. The van der Waals surface area contributed by atoms with Crippen LogP contribution in [0.15, 0.2) is 48.5 Å². The van der Waals surface area contributed by atoms with Crippen LogP contribution in [0.25, 0.3) is 0 Å². The summed E-state index contributed by atoms with van der Waals surface area (Å²) in [5.41, 5.74) is 0.691. The molecule has 0 bridgehead atoms. The zero-order valence-corrected chi connectivity index (χ0v) is 14.5. The van der Waals surface area contributed by atoms with Crippen molar-refractivity contribution in [3.05, 3.63) is 59.7 Å². The van der Waals surface area contributed by atoms with Crippen molar-refractivity contribution < 1.29 is 19.4 Å². The summed E-state index contributed by atoms with van der Waals surface area (Å²) in [6, 6.07) is 13.4. The zero-order valence-electron chi connectivity index (χ0n) is 14.5. The van der Waals surface area contributed by atoms with Crippen LogP contribution in [0.3, 0.4) is 0 Å². The number of carbonyl (C=O) groups excluding carboxylic acids is 1. The van der Waals surface area contributed by atoms with E-state index in [2.05, 4.69) is 6.92 Å². The summed E-state index contributed by atoms with van der Waals surface area (Å²) in [7, 11) is 0. The van der Waals surface area contributed by atoms with Gasteiger partial charge in [-0.1, -0.05) is 56.9 Å². The molecule has 0 unspecified atom stereocenters. The van der Waals surface area contributed by atoms with Gasteiger partial charge in [-0.15, -0.1) is 0 Å². The molecule has 0 aliphatic rings. The van der Waals surface area contributed by atoms with Crippen LogP contribution in [0.5, 0.6) is 11.5 Å². The van der Waals surface area contributed by atoms with E-state index in [0.717, 1.165) is 12.8 Å².